The number of hydrogen-bond donors (Lipinski definition) is 2. The zero-order valence-corrected chi connectivity index (χ0v) is 27.9. The Hall–Kier alpha value is -0.810. The molecule has 228 valence electrons. The average Bonchev–Trinajstić information content (AvgIpc) is 2.92. The number of rotatable bonds is 3. The maximum atomic E-state index is 14.6. The maximum Gasteiger partial charge on any atom is 0.314 e. The lowest BCUT2D eigenvalue weighted by atomic mass is 9.31. The van der Waals surface area contributed by atoms with Crippen molar-refractivity contribution in [3.05, 3.63) is 11.6 Å². The van der Waals surface area contributed by atoms with Crippen molar-refractivity contribution in [2.45, 2.75) is 137 Å². The van der Waals surface area contributed by atoms with Crippen LogP contribution in [-0.4, -0.2) is 35.5 Å². The van der Waals surface area contributed by atoms with Gasteiger partial charge in [0.2, 0.25) is 0 Å². The van der Waals surface area contributed by atoms with Gasteiger partial charge >= 0.3 is 5.97 Å². The summed E-state index contributed by atoms with van der Waals surface area (Å²) in [5, 5.41) is 0. The molecule has 5 rings (SSSR count). The third kappa shape index (κ3) is 3.74. The van der Waals surface area contributed by atoms with Crippen LogP contribution in [0, 0.1) is 38.9 Å². The highest BCUT2D eigenvalue weighted by atomic mass is 31.0. The van der Waals surface area contributed by atoms with E-state index in [0.717, 1.165) is 56.9 Å². The van der Waals surface area contributed by atoms with Crippen LogP contribution >= 0.6 is 9.47 Å². The first-order valence-electron chi connectivity index (χ1n) is 15.9. The van der Waals surface area contributed by atoms with Crippen molar-refractivity contribution in [2.24, 2.45) is 50.4 Å². The highest BCUT2D eigenvalue weighted by molar-refractivity contribution is 7.10. The van der Waals surface area contributed by atoms with E-state index in [4.69, 9.17) is 20.7 Å². The van der Waals surface area contributed by atoms with Gasteiger partial charge in [-0.15, -0.1) is 0 Å². The van der Waals surface area contributed by atoms with Gasteiger partial charge in [0.25, 0.3) is 0 Å². The minimum Gasteiger partial charge on any atom is -0.451 e. The van der Waals surface area contributed by atoms with E-state index in [-0.39, 0.29) is 34.1 Å². The lowest BCUT2D eigenvalue weighted by Crippen LogP contribution is -2.81. The van der Waals surface area contributed by atoms with Crippen LogP contribution in [0.3, 0.4) is 0 Å². The second kappa shape index (κ2) is 10.1. The monoisotopic (exact) mass is 576 g/mol. The number of fused-ring (bicyclic) bond motifs is 7. The first-order chi connectivity index (χ1) is 18.5. The first-order valence-corrected chi connectivity index (χ1v) is 16.4. The van der Waals surface area contributed by atoms with E-state index in [2.05, 4.69) is 51.0 Å². The van der Waals surface area contributed by atoms with Gasteiger partial charge in [-0.25, -0.2) is 0 Å². The summed E-state index contributed by atoms with van der Waals surface area (Å²) in [6.45, 7) is 20.3. The van der Waals surface area contributed by atoms with Crippen molar-refractivity contribution >= 4 is 21.2 Å². The van der Waals surface area contributed by atoms with Crippen molar-refractivity contribution in [3.63, 3.8) is 0 Å². The Morgan fingerprint density at radius 2 is 1.62 bits per heavy atom. The maximum absolute atomic E-state index is 14.6. The molecule has 0 bridgehead atoms. The number of carbonyl (C=O) groups excluding carboxylic acids is 2. The Labute approximate surface area is 245 Å². The number of hydrogen-bond acceptors (Lipinski definition) is 6. The minimum absolute atomic E-state index is 0.0386. The van der Waals surface area contributed by atoms with Crippen LogP contribution in [0.15, 0.2) is 11.6 Å². The van der Waals surface area contributed by atoms with Crippen LogP contribution in [0.2, 0.25) is 0 Å². The molecule has 0 heterocycles. The van der Waals surface area contributed by atoms with Gasteiger partial charge in [0.1, 0.15) is 0 Å². The topological polar surface area (TPSA) is 105 Å². The van der Waals surface area contributed by atoms with Crippen LogP contribution in [0.4, 0.5) is 0 Å². The van der Waals surface area contributed by atoms with Crippen LogP contribution < -0.4 is 11.5 Å². The molecule has 5 aliphatic rings. The molecule has 0 amide bonds. The molecule has 0 aromatic carbocycles. The SMILES string of the molecule is CC.CCO[C@H]1CC[C@@]2(C)[C@@H](CC[C@]3(C)[C@]2(N)C(=O)C=C2[C@]4(N)C[C@@](C)(C(=O)OP)CC[C@]4(C)CC[C@]23C)[C@H]1C. The standard InChI is InChI=1S/C31H51N2O4P.C2H6/c1-8-36-21-10-11-27(5)20(19(21)2)9-12-29(7)28(6)16-15-26(4)14-13-25(3,24(35)37-38)18-30(26,32)22(28)17-23(34)31(27,29)33;1-2/h17,19-21H,8-16,18,32-33,38H2,1-7H3;1-2H3/t19-,20+,21+,25+,26-,27+,28-,29+,30-,31+;/m1./s1. The van der Waals surface area contributed by atoms with Crippen LogP contribution in [-0.2, 0) is 18.8 Å². The summed E-state index contributed by atoms with van der Waals surface area (Å²) >= 11 is 0. The third-order valence-corrected chi connectivity index (χ3v) is 14.0. The van der Waals surface area contributed by atoms with Crippen LogP contribution in [0.5, 0.6) is 0 Å². The molecule has 7 heteroatoms. The van der Waals surface area contributed by atoms with E-state index in [9.17, 15) is 9.59 Å². The number of nitrogens with two attached hydrogens (primary N) is 2. The Kier molecular flexibility index (Phi) is 8.14. The van der Waals surface area contributed by atoms with E-state index >= 15 is 0 Å². The molecule has 0 saturated heterocycles. The van der Waals surface area contributed by atoms with E-state index in [0.29, 0.717) is 24.9 Å². The molecular formula is C33H57N2O4P. The Bertz CT molecular complexity index is 1080. The average molecular weight is 577 g/mol. The lowest BCUT2D eigenvalue weighted by Gasteiger charge is -2.74. The molecule has 1 unspecified atom stereocenters. The molecule has 4 N–H and O–H groups in total. The van der Waals surface area contributed by atoms with Gasteiger partial charge in [-0.1, -0.05) is 48.5 Å². The van der Waals surface area contributed by atoms with Crippen LogP contribution in [0.1, 0.15) is 120 Å². The largest absolute Gasteiger partial charge is 0.451 e. The summed E-state index contributed by atoms with van der Waals surface area (Å²) < 4.78 is 11.3. The van der Waals surface area contributed by atoms with Crippen LogP contribution in [0.25, 0.3) is 0 Å². The predicted octanol–water partition coefficient (Wildman–Crippen LogP) is 6.50. The Morgan fingerprint density at radius 1 is 1.00 bits per heavy atom. The zero-order valence-electron chi connectivity index (χ0n) is 26.7. The van der Waals surface area contributed by atoms with E-state index in [1.807, 2.05) is 26.8 Å². The van der Waals surface area contributed by atoms with Gasteiger partial charge in [-0.05, 0) is 111 Å². The Balaban J connectivity index is 0.00000181. The second-order valence-electron chi connectivity index (χ2n) is 15.0. The van der Waals surface area contributed by atoms with Crippen molar-refractivity contribution in [1.29, 1.82) is 0 Å². The second-order valence-corrected chi connectivity index (χ2v) is 15.3. The summed E-state index contributed by atoms with van der Waals surface area (Å²) in [5.41, 5.74) is 12.5. The smallest absolute Gasteiger partial charge is 0.314 e. The molecule has 0 aliphatic heterocycles. The van der Waals surface area contributed by atoms with Crippen molar-refractivity contribution < 1.29 is 18.8 Å². The van der Waals surface area contributed by atoms with Crippen molar-refractivity contribution in [3.8, 4) is 0 Å². The molecule has 4 fully saturated rings. The summed E-state index contributed by atoms with van der Waals surface area (Å²) in [5.74, 6) is 0.495. The molecule has 0 aromatic heterocycles. The molecule has 11 atom stereocenters. The van der Waals surface area contributed by atoms with E-state index < -0.39 is 21.9 Å². The molecule has 6 nitrogen and oxygen atoms in total. The highest BCUT2D eigenvalue weighted by Crippen LogP contribution is 2.75. The summed E-state index contributed by atoms with van der Waals surface area (Å²) in [7, 11) is 2.11. The van der Waals surface area contributed by atoms with Crippen molar-refractivity contribution in [2.75, 3.05) is 6.61 Å². The fraction of sp³-hybridized carbons (Fsp3) is 0.879. The van der Waals surface area contributed by atoms with Gasteiger partial charge in [0.15, 0.2) is 5.78 Å². The highest BCUT2D eigenvalue weighted by Gasteiger charge is 2.76. The molecule has 0 aromatic rings. The Morgan fingerprint density at radius 3 is 2.23 bits per heavy atom. The summed E-state index contributed by atoms with van der Waals surface area (Å²) in [4.78, 5) is 27.6. The number of ether oxygens (including phenoxy) is 1. The lowest BCUT2D eigenvalue weighted by molar-refractivity contribution is -0.200. The zero-order chi connectivity index (χ0) is 30.2. The normalized spacial score (nSPS) is 51.5. The number of ketones is 1. The third-order valence-electron chi connectivity index (χ3n) is 13.8. The molecule has 4 saturated carbocycles. The number of carbonyl (C=O) groups is 2. The molecule has 0 spiro atoms. The van der Waals surface area contributed by atoms with Gasteiger partial charge in [-0.3, -0.25) is 9.59 Å². The van der Waals surface area contributed by atoms with Crippen molar-refractivity contribution in [1.82, 2.24) is 0 Å². The molecule has 5 aliphatic carbocycles. The van der Waals surface area contributed by atoms with Gasteiger partial charge in [-0.2, -0.15) is 0 Å². The summed E-state index contributed by atoms with van der Waals surface area (Å²) in [6, 6.07) is 0. The molecular weight excluding hydrogens is 519 g/mol. The fourth-order valence-corrected chi connectivity index (χ4v) is 11.1. The molecule has 0 radical (unpaired) electrons. The van der Waals surface area contributed by atoms with Gasteiger partial charge < -0.3 is 20.7 Å². The quantitative estimate of drug-likeness (QED) is 0.372. The van der Waals surface area contributed by atoms with E-state index in [1.54, 1.807) is 0 Å². The first kappa shape index (κ1) is 32.1. The summed E-state index contributed by atoms with van der Waals surface area (Å²) in [6.07, 6.45) is 9.86. The van der Waals surface area contributed by atoms with Gasteiger partial charge in [0.05, 0.1) is 26.5 Å². The minimum atomic E-state index is -0.979. The van der Waals surface area contributed by atoms with E-state index in [1.165, 1.54) is 0 Å². The molecule has 40 heavy (non-hydrogen) atoms. The van der Waals surface area contributed by atoms with Gasteiger partial charge in [0, 0.05) is 17.6 Å². The predicted molar refractivity (Wildman–Crippen MR) is 164 cm³/mol. The fourth-order valence-electron chi connectivity index (χ4n) is 10.8.